The largest absolute Gasteiger partial charge is 0.298 e. The molecule has 0 atom stereocenters. The monoisotopic (exact) mass is 289 g/mol. The van der Waals surface area contributed by atoms with E-state index < -0.39 is 10.0 Å². The van der Waals surface area contributed by atoms with Crippen molar-refractivity contribution in [2.45, 2.75) is 11.8 Å². The summed E-state index contributed by atoms with van der Waals surface area (Å²) in [6, 6.07) is 13.1. The second kappa shape index (κ2) is 5.46. The van der Waals surface area contributed by atoms with E-state index in [-0.39, 0.29) is 4.90 Å². The second-order valence-electron chi connectivity index (χ2n) is 4.49. The minimum Gasteiger partial charge on any atom is -0.298 e. The number of rotatable bonds is 4. The van der Waals surface area contributed by atoms with E-state index in [1.807, 2.05) is 19.1 Å². The van der Waals surface area contributed by atoms with Crippen molar-refractivity contribution in [3.8, 4) is 0 Å². The van der Waals surface area contributed by atoms with Crippen LogP contribution in [0.25, 0.3) is 0 Å². The van der Waals surface area contributed by atoms with Gasteiger partial charge in [0.2, 0.25) is 0 Å². The van der Waals surface area contributed by atoms with Crippen LogP contribution < -0.4 is 4.31 Å². The van der Waals surface area contributed by atoms with Crippen LogP contribution in [0.4, 0.5) is 5.69 Å². The molecule has 4 nitrogen and oxygen atoms in total. The Hall–Kier alpha value is -2.14. The highest BCUT2D eigenvalue weighted by molar-refractivity contribution is 7.92. The predicted octanol–water partition coefficient (Wildman–Crippen LogP) is 2.63. The summed E-state index contributed by atoms with van der Waals surface area (Å²) in [5.41, 5.74) is 2.10. The molecule has 0 N–H and O–H groups in total. The van der Waals surface area contributed by atoms with E-state index in [0.717, 1.165) is 5.56 Å². The van der Waals surface area contributed by atoms with Gasteiger partial charge in [0.1, 0.15) is 6.29 Å². The van der Waals surface area contributed by atoms with Crippen molar-refractivity contribution < 1.29 is 13.2 Å². The third-order valence-corrected chi connectivity index (χ3v) is 4.87. The van der Waals surface area contributed by atoms with Crippen molar-refractivity contribution in [3.05, 3.63) is 59.7 Å². The number of hydrogen-bond donors (Lipinski definition) is 0. The zero-order valence-electron chi connectivity index (χ0n) is 11.3. The summed E-state index contributed by atoms with van der Waals surface area (Å²) in [5.74, 6) is 0. The molecule has 0 saturated heterocycles. The third kappa shape index (κ3) is 2.72. The first-order valence-electron chi connectivity index (χ1n) is 6.06. The Balaban J connectivity index is 2.37. The Morgan fingerprint density at radius 1 is 0.950 bits per heavy atom. The summed E-state index contributed by atoms with van der Waals surface area (Å²) in [7, 11) is -2.10. The van der Waals surface area contributed by atoms with E-state index in [0.29, 0.717) is 17.5 Å². The fourth-order valence-corrected chi connectivity index (χ4v) is 2.97. The molecular formula is C15H15NO3S. The van der Waals surface area contributed by atoms with E-state index in [1.165, 1.54) is 35.6 Å². The molecule has 0 heterocycles. The average Bonchev–Trinajstić information content (AvgIpc) is 2.47. The normalized spacial score (nSPS) is 11.1. The van der Waals surface area contributed by atoms with Crippen molar-refractivity contribution in [1.29, 1.82) is 0 Å². The molecule has 2 rings (SSSR count). The molecule has 0 aliphatic heterocycles. The van der Waals surface area contributed by atoms with Crippen LogP contribution in [0.3, 0.4) is 0 Å². The summed E-state index contributed by atoms with van der Waals surface area (Å²) in [6.45, 7) is 1.94. The lowest BCUT2D eigenvalue weighted by molar-refractivity contribution is 0.112. The molecule has 5 heteroatoms. The van der Waals surface area contributed by atoms with Crippen LogP contribution in [-0.2, 0) is 10.0 Å². The number of benzene rings is 2. The average molecular weight is 289 g/mol. The van der Waals surface area contributed by atoms with Crippen LogP contribution >= 0.6 is 0 Å². The molecule has 0 saturated carbocycles. The maximum atomic E-state index is 12.5. The van der Waals surface area contributed by atoms with Gasteiger partial charge in [-0.25, -0.2) is 8.42 Å². The molecule has 0 radical (unpaired) electrons. The van der Waals surface area contributed by atoms with E-state index >= 15 is 0 Å². The number of aldehydes is 1. The molecule has 0 aliphatic carbocycles. The summed E-state index contributed by atoms with van der Waals surface area (Å²) < 4.78 is 26.1. The fraction of sp³-hybridized carbons (Fsp3) is 0.133. The van der Waals surface area contributed by atoms with E-state index in [4.69, 9.17) is 0 Å². The Bertz CT molecular complexity index is 704. The quantitative estimate of drug-likeness (QED) is 0.813. The Morgan fingerprint density at radius 2 is 1.50 bits per heavy atom. The van der Waals surface area contributed by atoms with Gasteiger partial charge in [-0.05, 0) is 31.2 Å². The SMILES string of the molecule is Cc1ccc(N(C)S(=O)(=O)c2ccc(C=O)cc2)cc1. The zero-order valence-corrected chi connectivity index (χ0v) is 12.1. The molecule has 0 aliphatic rings. The van der Waals surface area contributed by atoms with Crippen molar-refractivity contribution in [1.82, 2.24) is 0 Å². The molecule has 0 aromatic heterocycles. The second-order valence-corrected chi connectivity index (χ2v) is 6.46. The van der Waals surface area contributed by atoms with Crippen molar-refractivity contribution in [2.75, 3.05) is 11.4 Å². The molecule has 0 bridgehead atoms. The highest BCUT2D eigenvalue weighted by atomic mass is 32.2. The maximum absolute atomic E-state index is 12.5. The van der Waals surface area contributed by atoms with Crippen molar-refractivity contribution in [3.63, 3.8) is 0 Å². The Morgan fingerprint density at radius 3 is 2.00 bits per heavy atom. The van der Waals surface area contributed by atoms with Crippen LogP contribution in [0.2, 0.25) is 0 Å². The number of sulfonamides is 1. The molecule has 0 unspecified atom stereocenters. The van der Waals surface area contributed by atoms with Gasteiger partial charge in [-0.3, -0.25) is 9.10 Å². The van der Waals surface area contributed by atoms with Gasteiger partial charge in [0.25, 0.3) is 10.0 Å². The van der Waals surface area contributed by atoms with Crippen LogP contribution in [0.1, 0.15) is 15.9 Å². The molecule has 0 spiro atoms. The molecule has 0 amide bonds. The van der Waals surface area contributed by atoms with Gasteiger partial charge in [-0.1, -0.05) is 29.8 Å². The number of carbonyl (C=O) groups excluding carboxylic acids is 1. The lowest BCUT2D eigenvalue weighted by Crippen LogP contribution is -2.26. The van der Waals surface area contributed by atoms with Gasteiger partial charge in [-0.15, -0.1) is 0 Å². The number of nitrogens with zero attached hydrogens (tertiary/aromatic N) is 1. The molecule has 20 heavy (non-hydrogen) atoms. The van der Waals surface area contributed by atoms with Crippen LogP contribution in [0.15, 0.2) is 53.4 Å². The summed E-state index contributed by atoms with van der Waals surface area (Å²) in [4.78, 5) is 10.8. The van der Waals surface area contributed by atoms with Crippen LogP contribution in [0, 0.1) is 6.92 Å². The predicted molar refractivity (Wildman–Crippen MR) is 78.6 cm³/mol. The fourth-order valence-electron chi connectivity index (χ4n) is 1.77. The number of anilines is 1. The Labute approximate surface area is 118 Å². The van der Waals surface area contributed by atoms with Crippen LogP contribution in [0.5, 0.6) is 0 Å². The molecule has 2 aromatic rings. The number of aryl methyl sites for hydroxylation is 1. The Kier molecular flexibility index (Phi) is 3.90. The summed E-state index contributed by atoms with van der Waals surface area (Å²) >= 11 is 0. The highest BCUT2D eigenvalue weighted by Crippen LogP contribution is 2.22. The van der Waals surface area contributed by atoms with Gasteiger partial charge in [0.15, 0.2) is 0 Å². The van der Waals surface area contributed by atoms with Crippen LogP contribution in [-0.4, -0.2) is 21.8 Å². The van der Waals surface area contributed by atoms with Gasteiger partial charge in [0, 0.05) is 12.6 Å². The molecular weight excluding hydrogens is 274 g/mol. The lowest BCUT2D eigenvalue weighted by Gasteiger charge is -2.19. The molecule has 104 valence electrons. The minimum absolute atomic E-state index is 0.158. The maximum Gasteiger partial charge on any atom is 0.264 e. The van der Waals surface area contributed by atoms with Crippen molar-refractivity contribution in [2.24, 2.45) is 0 Å². The summed E-state index contributed by atoms with van der Waals surface area (Å²) in [5, 5.41) is 0. The first-order chi connectivity index (χ1) is 9.45. The van der Waals surface area contributed by atoms with Gasteiger partial charge < -0.3 is 0 Å². The summed E-state index contributed by atoms with van der Waals surface area (Å²) in [6.07, 6.45) is 0.681. The molecule has 2 aromatic carbocycles. The zero-order chi connectivity index (χ0) is 14.8. The highest BCUT2D eigenvalue weighted by Gasteiger charge is 2.20. The standard InChI is InChI=1S/C15H15NO3S/c1-12-3-7-14(8-4-12)16(2)20(18,19)15-9-5-13(11-17)6-10-15/h3-11H,1-2H3. The smallest absolute Gasteiger partial charge is 0.264 e. The molecule has 0 fully saturated rings. The van der Waals surface area contributed by atoms with Gasteiger partial charge >= 0.3 is 0 Å². The van der Waals surface area contributed by atoms with E-state index in [9.17, 15) is 13.2 Å². The van der Waals surface area contributed by atoms with Gasteiger partial charge in [0.05, 0.1) is 10.6 Å². The van der Waals surface area contributed by atoms with Crippen molar-refractivity contribution >= 4 is 22.0 Å². The van der Waals surface area contributed by atoms with E-state index in [2.05, 4.69) is 0 Å². The minimum atomic E-state index is -3.61. The lowest BCUT2D eigenvalue weighted by atomic mass is 10.2. The number of hydrogen-bond acceptors (Lipinski definition) is 3. The first-order valence-corrected chi connectivity index (χ1v) is 7.50. The first kappa shape index (κ1) is 14.3. The topological polar surface area (TPSA) is 54.5 Å². The van der Waals surface area contributed by atoms with E-state index in [1.54, 1.807) is 12.1 Å². The van der Waals surface area contributed by atoms with Gasteiger partial charge in [-0.2, -0.15) is 0 Å². The number of carbonyl (C=O) groups is 1. The third-order valence-electron chi connectivity index (χ3n) is 3.07.